The molecule has 2 aromatic rings. The maximum absolute atomic E-state index is 5.88. The summed E-state index contributed by atoms with van der Waals surface area (Å²) in [5, 5.41) is 0.758. The van der Waals surface area contributed by atoms with Crippen LogP contribution in [-0.4, -0.2) is 10.3 Å². The Balaban J connectivity index is 1.95. The number of nitrogens with zero attached hydrogens (tertiary/aromatic N) is 2. The first-order chi connectivity index (χ1) is 8.72. The Bertz CT molecular complexity index is 633. The fourth-order valence-electron chi connectivity index (χ4n) is 2.19. The van der Waals surface area contributed by atoms with Crippen molar-refractivity contribution in [3.05, 3.63) is 64.6 Å². The van der Waals surface area contributed by atoms with Crippen molar-refractivity contribution in [3.63, 3.8) is 0 Å². The first kappa shape index (κ1) is 11.3. The Morgan fingerprint density at radius 3 is 2.78 bits per heavy atom. The van der Waals surface area contributed by atoms with Crippen molar-refractivity contribution in [3.8, 4) is 0 Å². The molecule has 0 bridgehead atoms. The van der Waals surface area contributed by atoms with Crippen LogP contribution < -0.4 is 0 Å². The van der Waals surface area contributed by atoms with E-state index in [1.165, 1.54) is 5.69 Å². The summed E-state index contributed by atoms with van der Waals surface area (Å²) in [6, 6.07) is 12.0. The Hall–Kier alpha value is -1.80. The third kappa shape index (κ3) is 2.12. The van der Waals surface area contributed by atoms with Gasteiger partial charge in [0.25, 0.3) is 0 Å². The second kappa shape index (κ2) is 4.46. The average molecular weight is 257 g/mol. The number of hydrogen-bond acceptors (Lipinski definition) is 1. The molecular weight excluding hydrogens is 244 g/mol. The Labute approximate surface area is 111 Å². The van der Waals surface area contributed by atoms with Crippen molar-refractivity contribution >= 4 is 23.4 Å². The highest BCUT2D eigenvalue weighted by molar-refractivity contribution is 6.30. The van der Waals surface area contributed by atoms with Gasteiger partial charge in [-0.1, -0.05) is 23.7 Å². The Morgan fingerprint density at radius 1 is 1.22 bits per heavy atom. The molecule has 1 aliphatic rings. The summed E-state index contributed by atoms with van der Waals surface area (Å²) in [5.41, 5.74) is 4.45. The van der Waals surface area contributed by atoms with Crippen molar-refractivity contribution in [2.75, 3.05) is 0 Å². The van der Waals surface area contributed by atoms with E-state index in [0.29, 0.717) is 0 Å². The van der Waals surface area contributed by atoms with Crippen LogP contribution in [-0.2, 0) is 6.54 Å². The van der Waals surface area contributed by atoms with E-state index in [1.54, 1.807) is 0 Å². The SMILES string of the molecule is CC1=N/C(=C\c2ccc(Cl)cc2)Cn2cccc21. The van der Waals surface area contributed by atoms with Gasteiger partial charge in [0.15, 0.2) is 0 Å². The molecule has 0 unspecified atom stereocenters. The highest BCUT2D eigenvalue weighted by Gasteiger charge is 2.12. The van der Waals surface area contributed by atoms with E-state index in [1.807, 2.05) is 31.2 Å². The van der Waals surface area contributed by atoms with Crippen LogP contribution in [0.3, 0.4) is 0 Å². The van der Waals surface area contributed by atoms with E-state index in [2.05, 4.69) is 34.0 Å². The molecule has 3 rings (SSSR count). The smallest absolute Gasteiger partial charge is 0.0649 e. The summed E-state index contributed by atoms with van der Waals surface area (Å²) in [4.78, 5) is 4.64. The summed E-state index contributed by atoms with van der Waals surface area (Å²) in [7, 11) is 0. The molecule has 0 radical (unpaired) electrons. The van der Waals surface area contributed by atoms with E-state index in [4.69, 9.17) is 11.6 Å². The molecule has 0 fully saturated rings. The van der Waals surface area contributed by atoms with Crippen molar-refractivity contribution in [1.29, 1.82) is 0 Å². The molecule has 90 valence electrons. The maximum Gasteiger partial charge on any atom is 0.0649 e. The van der Waals surface area contributed by atoms with Crippen molar-refractivity contribution in [1.82, 2.24) is 4.57 Å². The fraction of sp³-hybridized carbons (Fsp3) is 0.133. The molecule has 0 aliphatic carbocycles. The lowest BCUT2D eigenvalue weighted by Crippen LogP contribution is -2.13. The van der Waals surface area contributed by atoms with E-state index in [0.717, 1.165) is 28.5 Å². The molecule has 0 N–H and O–H groups in total. The van der Waals surface area contributed by atoms with Gasteiger partial charge in [-0.3, -0.25) is 4.99 Å². The summed E-state index contributed by atoms with van der Waals surface area (Å²) < 4.78 is 2.21. The zero-order chi connectivity index (χ0) is 12.5. The molecule has 1 aromatic carbocycles. The topological polar surface area (TPSA) is 17.3 Å². The van der Waals surface area contributed by atoms with Crippen LogP contribution in [0.15, 0.2) is 53.3 Å². The van der Waals surface area contributed by atoms with Gasteiger partial charge in [-0.2, -0.15) is 0 Å². The van der Waals surface area contributed by atoms with Crippen LogP contribution in [0.5, 0.6) is 0 Å². The molecule has 3 heteroatoms. The zero-order valence-electron chi connectivity index (χ0n) is 10.1. The minimum Gasteiger partial charge on any atom is -0.341 e. The summed E-state index contributed by atoms with van der Waals surface area (Å²) in [6.45, 7) is 2.86. The molecule has 2 nitrogen and oxygen atoms in total. The molecule has 18 heavy (non-hydrogen) atoms. The Kier molecular flexibility index (Phi) is 2.80. The van der Waals surface area contributed by atoms with Crippen LogP contribution in [0.2, 0.25) is 5.02 Å². The van der Waals surface area contributed by atoms with Gasteiger partial charge in [0.2, 0.25) is 0 Å². The van der Waals surface area contributed by atoms with Gasteiger partial charge in [-0.05, 0) is 42.8 Å². The van der Waals surface area contributed by atoms with Crippen LogP contribution in [0, 0.1) is 0 Å². The van der Waals surface area contributed by atoms with Gasteiger partial charge in [-0.15, -0.1) is 0 Å². The van der Waals surface area contributed by atoms with Crippen molar-refractivity contribution in [2.24, 2.45) is 4.99 Å². The maximum atomic E-state index is 5.88. The number of rotatable bonds is 1. The van der Waals surface area contributed by atoms with Crippen LogP contribution in [0.25, 0.3) is 6.08 Å². The number of halogens is 1. The first-order valence-corrected chi connectivity index (χ1v) is 6.27. The van der Waals surface area contributed by atoms with Gasteiger partial charge >= 0.3 is 0 Å². The first-order valence-electron chi connectivity index (χ1n) is 5.89. The third-order valence-corrected chi connectivity index (χ3v) is 3.30. The molecule has 1 aliphatic heterocycles. The molecular formula is C15H13ClN2. The standard InChI is InChI=1S/C15H13ClN2/c1-11-15-3-2-8-18(15)10-14(17-11)9-12-4-6-13(16)7-5-12/h2-9H,10H2,1H3/b14-9-. The van der Waals surface area contributed by atoms with Gasteiger partial charge in [0.05, 0.1) is 23.6 Å². The highest BCUT2D eigenvalue weighted by atomic mass is 35.5. The monoisotopic (exact) mass is 256 g/mol. The van der Waals surface area contributed by atoms with E-state index in [9.17, 15) is 0 Å². The number of allylic oxidation sites excluding steroid dienone is 1. The van der Waals surface area contributed by atoms with Crippen LogP contribution >= 0.6 is 11.6 Å². The van der Waals surface area contributed by atoms with E-state index >= 15 is 0 Å². The molecule has 0 amide bonds. The quantitative estimate of drug-likeness (QED) is 0.734. The highest BCUT2D eigenvalue weighted by Crippen LogP contribution is 2.19. The normalized spacial score (nSPS) is 16.6. The largest absolute Gasteiger partial charge is 0.341 e. The minimum atomic E-state index is 0.758. The second-order valence-corrected chi connectivity index (χ2v) is 4.84. The number of aliphatic imine (C=N–C) groups is 1. The van der Waals surface area contributed by atoms with Crippen molar-refractivity contribution < 1.29 is 0 Å². The molecule has 0 atom stereocenters. The lowest BCUT2D eigenvalue weighted by atomic mass is 10.1. The van der Waals surface area contributed by atoms with Gasteiger partial charge in [-0.25, -0.2) is 0 Å². The third-order valence-electron chi connectivity index (χ3n) is 3.05. The fourth-order valence-corrected chi connectivity index (χ4v) is 2.32. The van der Waals surface area contributed by atoms with E-state index < -0.39 is 0 Å². The van der Waals surface area contributed by atoms with Gasteiger partial charge < -0.3 is 4.57 Å². The van der Waals surface area contributed by atoms with Gasteiger partial charge in [0.1, 0.15) is 0 Å². The Morgan fingerprint density at radius 2 is 2.00 bits per heavy atom. The molecule has 0 saturated carbocycles. The van der Waals surface area contributed by atoms with Crippen LogP contribution in [0.1, 0.15) is 18.2 Å². The lowest BCUT2D eigenvalue weighted by Gasteiger charge is -2.16. The minimum absolute atomic E-state index is 0.758. The van der Waals surface area contributed by atoms with Crippen LogP contribution in [0.4, 0.5) is 0 Å². The average Bonchev–Trinajstić information content (AvgIpc) is 2.81. The number of hydrogen-bond donors (Lipinski definition) is 0. The predicted molar refractivity (Wildman–Crippen MR) is 76.1 cm³/mol. The summed E-state index contributed by atoms with van der Waals surface area (Å²) in [6.07, 6.45) is 4.19. The summed E-state index contributed by atoms with van der Waals surface area (Å²) >= 11 is 5.88. The number of benzene rings is 1. The number of aromatic nitrogens is 1. The molecule has 0 spiro atoms. The lowest BCUT2D eigenvalue weighted by molar-refractivity contribution is 0.762. The van der Waals surface area contributed by atoms with E-state index in [-0.39, 0.29) is 0 Å². The van der Waals surface area contributed by atoms with Gasteiger partial charge in [0, 0.05) is 11.2 Å². The molecule has 1 aromatic heterocycles. The molecule has 0 saturated heterocycles. The number of fused-ring (bicyclic) bond motifs is 1. The summed E-state index contributed by atoms with van der Waals surface area (Å²) in [5.74, 6) is 0. The zero-order valence-corrected chi connectivity index (χ0v) is 10.9. The second-order valence-electron chi connectivity index (χ2n) is 4.41. The van der Waals surface area contributed by atoms with Crippen molar-refractivity contribution in [2.45, 2.75) is 13.5 Å². The predicted octanol–water partition coefficient (Wildman–Crippen LogP) is 4.01. The molecule has 2 heterocycles.